The maximum Gasteiger partial charge on any atom is 0.266 e. The fourth-order valence-electron chi connectivity index (χ4n) is 1.64. The number of benzene rings is 1. The first-order chi connectivity index (χ1) is 9.11. The molecule has 1 aromatic carbocycles. The number of thiocarbonyl (C=S) groups is 1. The lowest BCUT2D eigenvalue weighted by Crippen LogP contribution is -2.31. The number of amides is 1. The van der Waals surface area contributed by atoms with Crippen LogP contribution in [0, 0.1) is 0 Å². The number of hydrogen-bond donors (Lipinski definition) is 1. The summed E-state index contributed by atoms with van der Waals surface area (Å²) >= 11 is 6.44. The van der Waals surface area contributed by atoms with Crippen molar-refractivity contribution in [3.63, 3.8) is 0 Å². The van der Waals surface area contributed by atoms with Gasteiger partial charge < -0.3 is 9.84 Å². The molecular weight excluding hydrogens is 282 g/mol. The van der Waals surface area contributed by atoms with Crippen molar-refractivity contribution < 1.29 is 14.6 Å². The van der Waals surface area contributed by atoms with Crippen LogP contribution in [-0.2, 0) is 9.53 Å². The van der Waals surface area contributed by atoms with E-state index in [1.165, 1.54) is 16.7 Å². The van der Waals surface area contributed by atoms with Crippen molar-refractivity contribution in [2.45, 2.75) is 0 Å². The van der Waals surface area contributed by atoms with Crippen LogP contribution in [-0.4, -0.2) is 40.5 Å². The van der Waals surface area contributed by atoms with Crippen LogP contribution in [0.2, 0.25) is 0 Å². The molecular formula is C13H13NO3S2. The topological polar surface area (TPSA) is 49.8 Å². The summed E-state index contributed by atoms with van der Waals surface area (Å²) in [5.41, 5.74) is 0.771. The summed E-state index contributed by atoms with van der Waals surface area (Å²) in [4.78, 5) is 14.2. The van der Waals surface area contributed by atoms with Gasteiger partial charge in [0.05, 0.1) is 18.1 Å². The van der Waals surface area contributed by atoms with Gasteiger partial charge in [0.25, 0.3) is 5.91 Å². The molecule has 1 amide bonds. The van der Waals surface area contributed by atoms with Crippen LogP contribution in [0.4, 0.5) is 0 Å². The Balaban J connectivity index is 2.18. The summed E-state index contributed by atoms with van der Waals surface area (Å²) in [6.45, 7) is 0.907. The second-order valence-corrected chi connectivity index (χ2v) is 5.60. The first-order valence-corrected chi connectivity index (χ1v) is 6.87. The predicted octanol–water partition coefficient (Wildman–Crippen LogP) is 2.24. The zero-order valence-electron chi connectivity index (χ0n) is 10.3. The third kappa shape index (κ3) is 3.34. The first-order valence-electron chi connectivity index (χ1n) is 5.65. The van der Waals surface area contributed by atoms with Crippen molar-refractivity contribution in [1.29, 1.82) is 0 Å². The molecule has 1 aromatic rings. The highest BCUT2D eigenvalue weighted by Crippen LogP contribution is 2.32. The molecule has 1 saturated heterocycles. The van der Waals surface area contributed by atoms with Gasteiger partial charge >= 0.3 is 0 Å². The van der Waals surface area contributed by atoms with Crippen LogP contribution in [0.1, 0.15) is 5.56 Å². The lowest BCUT2D eigenvalue weighted by atomic mass is 10.2. The van der Waals surface area contributed by atoms with E-state index in [1.807, 2.05) is 6.07 Å². The van der Waals surface area contributed by atoms with Gasteiger partial charge in [0.15, 0.2) is 0 Å². The van der Waals surface area contributed by atoms with E-state index in [9.17, 15) is 9.90 Å². The molecule has 0 saturated carbocycles. The number of ether oxygens (including phenoxy) is 1. The Bertz CT molecular complexity index is 542. The van der Waals surface area contributed by atoms with Crippen LogP contribution in [0.15, 0.2) is 29.2 Å². The second-order valence-electron chi connectivity index (χ2n) is 3.92. The van der Waals surface area contributed by atoms with Crippen LogP contribution < -0.4 is 0 Å². The number of carbonyl (C=O) groups excluding carboxylic acids is 1. The molecule has 0 unspecified atom stereocenters. The number of rotatable bonds is 4. The Labute approximate surface area is 121 Å². The molecule has 0 radical (unpaired) electrons. The molecule has 0 spiro atoms. The van der Waals surface area contributed by atoms with Crippen molar-refractivity contribution in [2.75, 3.05) is 20.3 Å². The molecule has 1 aliphatic rings. The standard InChI is InChI=1S/C13H13NO3S2/c1-17-6-5-14-12(16)11(19-13(14)18)8-9-3-2-4-10(15)7-9/h2-4,7-8,15H,5-6H2,1H3. The average molecular weight is 295 g/mol. The Morgan fingerprint density at radius 1 is 1.53 bits per heavy atom. The van der Waals surface area contributed by atoms with Crippen LogP contribution in [0.3, 0.4) is 0 Å². The summed E-state index contributed by atoms with van der Waals surface area (Å²) in [7, 11) is 1.58. The van der Waals surface area contributed by atoms with E-state index in [0.29, 0.717) is 22.4 Å². The zero-order valence-corrected chi connectivity index (χ0v) is 12.0. The largest absolute Gasteiger partial charge is 0.508 e. The SMILES string of the molecule is COCCN1C(=O)C(=Cc2cccc(O)c2)SC1=S. The lowest BCUT2D eigenvalue weighted by Gasteiger charge is -2.12. The number of methoxy groups -OCH3 is 1. The summed E-state index contributed by atoms with van der Waals surface area (Å²) in [6.07, 6.45) is 1.73. The van der Waals surface area contributed by atoms with Crippen LogP contribution in [0.25, 0.3) is 6.08 Å². The van der Waals surface area contributed by atoms with Gasteiger partial charge in [0.1, 0.15) is 10.1 Å². The number of aromatic hydroxyl groups is 1. The Kier molecular flexibility index (Phi) is 4.57. The number of thioether (sulfide) groups is 1. The summed E-state index contributed by atoms with van der Waals surface area (Å²) in [5, 5.41) is 9.40. The van der Waals surface area contributed by atoms with E-state index in [2.05, 4.69) is 0 Å². The van der Waals surface area contributed by atoms with Gasteiger partial charge in [0.2, 0.25) is 0 Å². The highest BCUT2D eigenvalue weighted by atomic mass is 32.2. The van der Waals surface area contributed by atoms with Crippen molar-refractivity contribution in [3.05, 3.63) is 34.7 Å². The van der Waals surface area contributed by atoms with Gasteiger partial charge in [0, 0.05) is 7.11 Å². The minimum atomic E-state index is -0.115. The molecule has 0 bridgehead atoms. The van der Waals surface area contributed by atoms with Gasteiger partial charge in [-0.2, -0.15) is 0 Å². The molecule has 0 aliphatic carbocycles. The minimum Gasteiger partial charge on any atom is -0.508 e. The smallest absolute Gasteiger partial charge is 0.266 e. The average Bonchev–Trinajstić information content (AvgIpc) is 2.62. The molecule has 0 aromatic heterocycles. The fourth-order valence-corrected chi connectivity index (χ4v) is 2.95. The summed E-state index contributed by atoms with van der Waals surface area (Å²) in [5.74, 6) is 0.0546. The van der Waals surface area contributed by atoms with E-state index >= 15 is 0 Å². The van der Waals surface area contributed by atoms with Gasteiger partial charge in [-0.25, -0.2) is 0 Å². The van der Waals surface area contributed by atoms with Gasteiger partial charge in [-0.05, 0) is 23.8 Å². The third-order valence-corrected chi connectivity index (χ3v) is 3.94. The van der Waals surface area contributed by atoms with E-state index in [-0.39, 0.29) is 11.7 Å². The van der Waals surface area contributed by atoms with E-state index < -0.39 is 0 Å². The maximum atomic E-state index is 12.1. The van der Waals surface area contributed by atoms with E-state index in [0.717, 1.165) is 5.56 Å². The molecule has 1 heterocycles. The number of phenols is 1. The predicted molar refractivity (Wildman–Crippen MR) is 79.9 cm³/mol. The molecule has 4 nitrogen and oxygen atoms in total. The summed E-state index contributed by atoms with van der Waals surface area (Å²) in [6, 6.07) is 6.73. The van der Waals surface area contributed by atoms with Crippen molar-refractivity contribution in [2.24, 2.45) is 0 Å². The highest BCUT2D eigenvalue weighted by Gasteiger charge is 2.31. The molecule has 6 heteroatoms. The molecule has 2 rings (SSSR count). The van der Waals surface area contributed by atoms with E-state index in [4.69, 9.17) is 17.0 Å². The Hall–Kier alpha value is -1.37. The Morgan fingerprint density at radius 3 is 3.00 bits per heavy atom. The third-order valence-electron chi connectivity index (χ3n) is 2.56. The number of hydrogen-bond acceptors (Lipinski definition) is 5. The maximum absolute atomic E-state index is 12.1. The summed E-state index contributed by atoms with van der Waals surface area (Å²) < 4.78 is 5.49. The zero-order chi connectivity index (χ0) is 13.8. The van der Waals surface area contributed by atoms with Crippen molar-refractivity contribution >= 4 is 40.3 Å². The Morgan fingerprint density at radius 2 is 2.32 bits per heavy atom. The highest BCUT2D eigenvalue weighted by molar-refractivity contribution is 8.26. The van der Waals surface area contributed by atoms with Crippen molar-refractivity contribution in [3.8, 4) is 5.75 Å². The molecule has 100 valence electrons. The number of nitrogens with zero attached hydrogens (tertiary/aromatic N) is 1. The van der Waals surface area contributed by atoms with E-state index in [1.54, 1.807) is 31.4 Å². The fraction of sp³-hybridized carbons (Fsp3) is 0.231. The monoisotopic (exact) mass is 295 g/mol. The molecule has 0 atom stereocenters. The number of phenolic OH excluding ortho intramolecular Hbond substituents is 1. The van der Waals surface area contributed by atoms with Crippen LogP contribution >= 0.6 is 24.0 Å². The normalized spacial score (nSPS) is 17.5. The molecule has 1 N–H and O–H groups in total. The number of carbonyl (C=O) groups is 1. The van der Waals surface area contributed by atoms with Gasteiger partial charge in [-0.15, -0.1) is 0 Å². The molecule has 1 aliphatic heterocycles. The van der Waals surface area contributed by atoms with Gasteiger partial charge in [-0.3, -0.25) is 9.69 Å². The molecule has 19 heavy (non-hydrogen) atoms. The molecule has 1 fully saturated rings. The van der Waals surface area contributed by atoms with Gasteiger partial charge in [-0.1, -0.05) is 36.1 Å². The second kappa shape index (κ2) is 6.18. The minimum absolute atomic E-state index is 0.115. The van der Waals surface area contributed by atoms with Crippen LogP contribution in [0.5, 0.6) is 5.75 Å². The quantitative estimate of drug-likeness (QED) is 0.682. The first kappa shape index (κ1) is 14.0. The lowest BCUT2D eigenvalue weighted by molar-refractivity contribution is -0.122. The van der Waals surface area contributed by atoms with Crippen molar-refractivity contribution in [1.82, 2.24) is 4.90 Å².